The first-order chi connectivity index (χ1) is 8.59. The molecule has 4 heteroatoms. The van der Waals surface area contributed by atoms with E-state index in [1.165, 1.54) is 4.88 Å². The Hall–Kier alpha value is -0.870. The van der Waals surface area contributed by atoms with E-state index < -0.39 is 0 Å². The van der Waals surface area contributed by atoms with Crippen molar-refractivity contribution >= 4 is 17.2 Å². The maximum absolute atomic E-state index is 12.2. The average molecular weight is 266 g/mol. The Kier molecular flexibility index (Phi) is 4.40. The second-order valence-electron chi connectivity index (χ2n) is 5.42. The molecular weight excluding hydrogens is 244 g/mol. The summed E-state index contributed by atoms with van der Waals surface area (Å²) in [7, 11) is 0. The number of hydrogen-bond donors (Lipinski definition) is 2. The van der Waals surface area contributed by atoms with E-state index in [9.17, 15) is 4.79 Å². The van der Waals surface area contributed by atoms with Crippen LogP contribution in [0.1, 0.15) is 37.5 Å². The van der Waals surface area contributed by atoms with Crippen LogP contribution in [0.4, 0.5) is 0 Å². The van der Waals surface area contributed by atoms with E-state index in [0.29, 0.717) is 6.54 Å². The first kappa shape index (κ1) is 13.6. The first-order valence-corrected chi connectivity index (χ1v) is 7.56. The summed E-state index contributed by atoms with van der Waals surface area (Å²) in [6, 6.07) is 4.14. The molecule has 3 N–H and O–H groups in total. The highest BCUT2D eigenvalue weighted by atomic mass is 32.1. The van der Waals surface area contributed by atoms with Crippen molar-refractivity contribution in [3.05, 3.63) is 22.4 Å². The quantitative estimate of drug-likeness (QED) is 0.878. The van der Waals surface area contributed by atoms with Gasteiger partial charge in [0, 0.05) is 17.0 Å². The van der Waals surface area contributed by atoms with Crippen molar-refractivity contribution in [2.45, 2.75) is 44.6 Å². The lowest BCUT2D eigenvalue weighted by Crippen LogP contribution is -2.53. The van der Waals surface area contributed by atoms with Crippen LogP contribution in [0.3, 0.4) is 0 Å². The van der Waals surface area contributed by atoms with Crippen molar-refractivity contribution in [3.8, 4) is 0 Å². The van der Waals surface area contributed by atoms with Gasteiger partial charge in [-0.1, -0.05) is 18.9 Å². The van der Waals surface area contributed by atoms with Crippen LogP contribution in [0.2, 0.25) is 0 Å². The molecule has 2 rings (SSSR count). The van der Waals surface area contributed by atoms with Crippen LogP contribution in [0.25, 0.3) is 0 Å². The standard InChI is InChI=1S/C14H22N2OS/c1-14(15)8-3-2-6-12(14)13(17)16-9-7-11-5-4-10-18-11/h4-5,10,12H,2-3,6-9,15H2,1H3,(H,16,17). The summed E-state index contributed by atoms with van der Waals surface area (Å²) >= 11 is 1.73. The molecule has 100 valence electrons. The average Bonchev–Trinajstić information content (AvgIpc) is 2.81. The van der Waals surface area contributed by atoms with E-state index in [1.807, 2.05) is 13.0 Å². The van der Waals surface area contributed by atoms with Crippen LogP contribution >= 0.6 is 11.3 Å². The number of thiophene rings is 1. The van der Waals surface area contributed by atoms with Crippen molar-refractivity contribution in [1.82, 2.24) is 5.32 Å². The van der Waals surface area contributed by atoms with E-state index in [0.717, 1.165) is 32.1 Å². The Labute approximate surface area is 113 Å². The third-order valence-electron chi connectivity index (χ3n) is 3.82. The fourth-order valence-electron chi connectivity index (χ4n) is 2.68. The van der Waals surface area contributed by atoms with E-state index in [2.05, 4.69) is 16.8 Å². The van der Waals surface area contributed by atoms with Gasteiger partial charge in [0.1, 0.15) is 0 Å². The Morgan fingerprint density at radius 3 is 3.11 bits per heavy atom. The van der Waals surface area contributed by atoms with Gasteiger partial charge in [0.2, 0.25) is 5.91 Å². The summed E-state index contributed by atoms with van der Waals surface area (Å²) in [5.74, 6) is 0.117. The molecule has 1 aliphatic carbocycles. The molecular formula is C14H22N2OS. The van der Waals surface area contributed by atoms with Crippen LogP contribution in [0.15, 0.2) is 17.5 Å². The highest BCUT2D eigenvalue weighted by Crippen LogP contribution is 2.31. The second kappa shape index (κ2) is 5.85. The zero-order chi connectivity index (χ0) is 13.0. The van der Waals surface area contributed by atoms with Crippen molar-refractivity contribution < 1.29 is 4.79 Å². The summed E-state index contributed by atoms with van der Waals surface area (Å²) in [4.78, 5) is 13.5. The van der Waals surface area contributed by atoms with Gasteiger partial charge in [0.05, 0.1) is 5.92 Å². The highest BCUT2D eigenvalue weighted by Gasteiger charge is 2.37. The molecule has 2 atom stereocenters. The van der Waals surface area contributed by atoms with E-state index in [4.69, 9.17) is 5.73 Å². The molecule has 1 amide bonds. The van der Waals surface area contributed by atoms with Gasteiger partial charge in [-0.2, -0.15) is 0 Å². The number of nitrogens with two attached hydrogens (primary N) is 1. The van der Waals surface area contributed by atoms with E-state index in [1.54, 1.807) is 11.3 Å². The van der Waals surface area contributed by atoms with Gasteiger partial charge < -0.3 is 11.1 Å². The second-order valence-corrected chi connectivity index (χ2v) is 6.46. The Morgan fingerprint density at radius 1 is 1.61 bits per heavy atom. The van der Waals surface area contributed by atoms with Gasteiger partial charge in [-0.3, -0.25) is 4.79 Å². The Morgan fingerprint density at radius 2 is 2.44 bits per heavy atom. The van der Waals surface area contributed by atoms with Crippen LogP contribution in [0, 0.1) is 5.92 Å². The minimum Gasteiger partial charge on any atom is -0.355 e. The van der Waals surface area contributed by atoms with Gasteiger partial charge in [0.25, 0.3) is 0 Å². The first-order valence-electron chi connectivity index (χ1n) is 6.68. The topological polar surface area (TPSA) is 55.1 Å². The van der Waals surface area contributed by atoms with Crippen molar-refractivity contribution in [2.75, 3.05) is 6.54 Å². The summed E-state index contributed by atoms with van der Waals surface area (Å²) < 4.78 is 0. The van der Waals surface area contributed by atoms with Crippen LogP contribution in [0.5, 0.6) is 0 Å². The van der Waals surface area contributed by atoms with Gasteiger partial charge in [-0.15, -0.1) is 11.3 Å². The van der Waals surface area contributed by atoms with E-state index in [-0.39, 0.29) is 17.4 Å². The summed E-state index contributed by atoms with van der Waals surface area (Å²) in [6.07, 6.45) is 5.06. The molecule has 0 aliphatic heterocycles. The third-order valence-corrected chi connectivity index (χ3v) is 4.76. The van der Waals surface area contributed by atoms with Crippen LogP contribution < -0.4 is 11.1 Å². The molecule has 0 spiro atoms. The van der Waals surface area contributed by atoms with Crippen molar-refractivity contribution in [2.24, 2.45) is 11.7 Å². The zero-order valence-corrected chi connectivity index (χ0v) is 11.8. The molecule has 1 saturated carbocycles. The number of rotatable bonds is 4. The molecule has 1 aliphatic rings. The van der Waals surface area contributed by atoms with Gasteiger partial charge in [-0.25, -0.2) is 0 Å². The lowest BCUT2D eigenvalue weighted by molar-refractivity contribution is -0.128. The Bertz CT molecular complexity index is 387. The Balaban J connectivity index is 1.80. The number of nitrogens with one attached hydrogen (secondary N) is 1. The predicted molar refractivity (Wildman–Crippen MR) is 75.6 cm³/mol. The lowest BCUT2D eigenvalue weighted by Gasteiger charge is -2.37. The van der Waals surface area contributed by atoms with E-state index >= 15 is 0 Å². The normalized spacial score (nSPS) is 28.0. The molecule has 18 heavy (non-hydrogen) atoms. The lowest BCUT2D eigenvalue weighted by atomic mass is 9.74. The molecule has 1 heterocycles. The minimum atomic E-state index is -0.328. The van der Waals surface area contributed by atoms with Crippen molar-refractivity contribution in [3.63, 3.8) is 0 Å². The number of hydrogen-bond acceptors (Lipinski definition) is 3. The summed E-state index contributed by atoms with van der Waals surface area (Å²) in [6.45, 7) is 2.72. The van der Waals surface area contributed by atoms with Crippen LogP contribution in [-0.2, 0) is 11.2 Å². The number of carbonyl (C=O) groups excluding carboxylic acids is 1. The smallest absolute Gasteiger partial charge is 0.224 e. The monoisotopic (exact) mass is 266 g/mol. The molecule has 0 aromatic carbocycles. The molecule has 0 bridgehead atoms. The molecule has 2 unspecified atom stereocenters. The maximum atomic E-state index is 12.2. The fourth-order valence-corrected chi connectivity index (χ4v) is 3.38. The summed E-state index contributed by atoms with van der Waals surface area (Å²) in [5, 5.41) is 5.10. The maximum Gasteiger partial charge on any atom is 0.224 e. The zero-order valence-electron chi connectivity index (χ0n) is 10.9. The van der Waals surface area contributed by atoms with Crippen molar-refractivity contribution in [1.29, 1.82) is 0 Å². The SMILES string of the molecule is CC1(N)CCCCC1C(=O)NCCc1cccs1. The molecule has 1 fully saturated rings. The molecule has 0 saturated heterocycles. The van der Waals surface area contributed by atoms with Gasteiger partial charge in [-0.05, 0) is 37.6 Å². The number of carbonyl (C=O) groups is 1. The summed E-state index contributed by atoms with van der Waals surface area (Å²) in [5.41, 5.74) is 5.90. The largest absolute Gasteiger partial charge is 0.355 e. The molecule has 1 aromatic heterocycles. The number of amides is 1. The molecule has 1 aromatic rings. The highest BCUT2D eigenvalue weighted by molar-refractivity contribution is 7.09. The van der Waals surface area contributed by atoms with Crippen LogP contribution in [-0.4, -0.2) is 18.0 Å². The van der Waals surface area contributed by atoms with Gasteiger partial charge >= 0.3 is 0 Å². The predicted octanol–water partition coefficient (Wildman–Crippen LogP) is 2.31. The fraction of sp³-hybridized carbons (Fsp3) is 0.643. The molecule has 3 nitrogen and oxygen atoms in total. The minimum absolute atomic E-state index is 0.0189. The molecule has 0 radical (unpaired) electrons. The third kappa shape index (κ3) is 3.33. The van der Waals surface area contributed by atoms with Gasteiger partial charge in [0.15, 0.2) is 0 Å².